The second kappa shape index (κ2) is 15.4. The van der Waals surface area contributed by atoms with Crippen LogP contribution in [0.4, 0.5) is 11.5 Å². The highest BCUT2D eigenvalue weighted by Crippen LogP contribution is 2.36. The fourth-order valence-corrected chi connectivity index (χ4v) is 7.56. The first-order chi connectivity index (χ1) is 23.5. The Kier molecular flexibility index (Phi) is 10.8. The largest absolute Gasteiger partial charge is 0.462 e. The standard InChI is InChI=1S/C36H43N7O4S/c1-2-33(46)43-17-16-42(19-28(43)11-13-37)35-30-12-15-41(32-10-4-7-26-6-3-8-27(24-48)34(26)32)20-31(30)38-36(39-35)47-23-29-9-5-14-40(29)18-25(21-44)22-45/h2-4,6-8,10,24-25,28-29,44-45H,1,5,9,11-12,14-23H2/t28-,29-/m0/s1. The Bertz CT molecular complexity index is 1690. The molecule has 12 heteroatoms. The van der Waals surface area contributed by atoms with Crippen LogP contribution in [-0.4, -0.2) is 112 Å². The van der Waals surface area contributed by atoms with E-state index in [-0.39, 0.29) is 43.5 Å². The van der Waals surface area contributed by atoms with Crippen LogP contribution in [0, 0.1) is 17.2 Å². The molecule has 0 radical (unpaired) electrons. The normalized spacial score (nSPS) is 19.8. The van der Waals surface area contributed by atoms with Crippen LogP contribution in [0.15, 0.2) is 49.1 Å². The molecule has 0 saturated carbocycles. The molecule has 0 spiro atoms. The number of hydrogen-bond acceptors (Lipinski definition) is 11. The van der Waals surface area contributed by atoms with Gasteiger partial charge in [-0.15, -0.1) is 0 Å². The summed E-state index contributed by atoms with van der Waals surface area (Å²) in [4.78, 5) is 31.1. The molecule has 0 unspecified atom stereocenters. The third-order valence-corrected chi connectivity index (χ3v) is 10.1. The quantitative estimate of drug-likeness (QED) is 0.218. The molecule has 2 saturated heterocycles. The number of ether oxygens (including phenoxy) is 1. The van der Waals surface area contributed by atoms with Gasteiger partial charge in [-0.3, -0.25) is 9.69 Å². The van der Waals surface area contributed by atoms with E-state index in [1.54, 1.807) is 10.3 Å². The summed E-state index contributed by atoms with van der Waals surface area (Å²) in [6.45, 7) is 8.25. The van der Waals surface area contributed by atoms with Crippen LogP contribution in [0.2, 0.25) is 0 Å². The second-order valence-electron chi connectivity index (χ2n) is 12.8. The first kappa shape index (κ1) is 33.7. The number of likely N-dealkylation sites (tertiary alicyclic amines) is 1. The lowest BCUT2D eigenvalue weighted by molar-refractivity contribution is -0.128. The molecule has 0 bridgehead atoms. The zero-order chi connectivity index (χ0) is 33.6. The minimum absolute atomic E-state index is 0.0600. The summed E-state index contributed by atoms with van der Waals surface area (Å²) in [5.74, 6) is 0.435. The van der Waals surface area contributed by atoms with Crippen molar-refractivity contribution in [3.05, 3.63) is 65.9 Å². The fraction of sp³-hybridized carbons (Fsp3) is 0.472. The number of carbonyl (C=O) groups is 1. The first-order valence-corrected chi connectivity index (χ1v) is 17.2. The van der Waals surface area contributed by atoms with Crippen LogP contribution >= 0.6 is 12.2 Å². The van der Waals surface area contributed by atoms with Crippen molar-refractivity contribution >= 4 is 45.8 Å². The topological polar surface area (TPSA) is 129 Å². The number of aliphatic hydroxyl groups is 2. The average Bonchev–Trinajstić information content (AvgIpc) is 3.58. The number of aliphatic hydroxyl groups excluding tert-OH is 2. The molecule has 1 amide bonds. The number of aromatic nitrogens is 2. The summed E-state index contributed by atoms with van der Waals surface area (Å²) in [5.41, 5.74) is 4.07. The average molecular weight is 670 g/mol. The van der Waals surface area contributed by atoms with Crippen molar-refractivity contribution in [2.45, 2.75) is 44.3 Å². The highest BCUT2D eigenvalue weighted by molar-refractivity contribution is 7.79. The van der Waals surface area contributed by atoms with Gasteiger partial charge in [0, 0.05) is 79.9 Å². The predicted molar refractivity (Wildman–Crippen MR) is 189 cm³/mol. The minimum atomic E-state index is -0.286. The molecule has 6 rings (SSSR count). The van der Waals surface area contributed by atoms with E-state index in [0.717, 1.165) is 71.5 Å². The molecule has 4 heterocycles. The van der Waals surface area contributed by atoms with Gasteiger partial charge in [0.2, 0.25) is 5.91 Å². The maximum atomic E-state index is 12.6. The second-order valence-corrected chi connectivity index (χ2v) is 13.0. The first-order valence-electron chi connectivity index (χ1n) is 16.7. The van der Waals surface area contributed by atoms with E-state index >= 15 is 0 Å². The van der Waals surface area contributed by atoms with Crippen LogP contribution < -0.4 is 14.5 Å². The minimum Gasteiger partial charge on any atom is -0.462 e. The zero-order valence-corrected chi connectivity index (χ0v) is 28.0. The van der Waals surface area contributed by atoms with Gasteiger partial charge < -0.3 is 29.6 Å². The summed E-state index contributed by atoms with van der Waals surface area (Å²) < 4.78 is 6.38. The monoisotopic (exact) mass is 669 g/mol. The number of amides is 1. The third-order valence-electron chi connectivity index (χ3n) is 9.89. The zero-order valence-electron chi connectivity index (χ0n) is 27.2. The van der Waals surface area contributed by atoms with Gasteiger partial charge in [0.25, 0.3) is 0 Å². The number of fused-ring (bicyclic) bond motifs is 2. The van der Waals surface area contributed by atoms with E-state index in [2.05, 4.69) is 51.6 Å². The van der Waals surface area contributed by atoms with E-state index in [4.69, 9.17) is 26.9 Å². The highest BCUT2D eigenvalue weighted by Gasteiger charge is 2.34. The Hall–Kier alpha value is -4.15. The van der Waals surface area contributed by atoms with Crippen molar-refractivity contribution in [3.8, 4) is 12.1 Å². The third kappa shape index (κ3) is 7.00. The van der Waals surface area contributed by atoms with Crippen LogP contribution in [-0.2, 0) is 17.8 Å². The van der Waals surface area contributed by atoms with Gasteiger partial charge >= 0.3 is 6.01 Å². The van der Waals surface area contributed by atoms with Crippen molar-refractivity contribution in [1.29, 1.82) is 5.26 Å². The van der Waals surface area contributed by atoms with Gasteiger partial charge in [0.15, 0.2) is 0 Å². The number of carbonyl (C=O) groups excluding carboxylic acids is 1. The summed E-state index contributed by atoms with van der Waals surface area (Å²) in [7, 11) is 0. The molecule has 2 atom stereocenters. The van der Waals surface area contributed by atoms with Gasteiger partial charge in [-0.25, -0.2) is 0 Å². The summed E-state index contributed by atoms with van der Waals surface area (Å²) in [5, 5.41) is 32.9. The van der Waals surface area contributed by atoms with Gasteiger partial charge in [-0.05, 0) is 48.9 Å². The van der Waals surface area contributed by atoms with E-state index in [1.165, 1.54) is 6.08 Å². The molecule has 48 heavy (non-hydrogen) atoms. The van der Waals surface area contributed by atoms with E-state index in [9.17, 15) is 20.3 Å². The molecule has 11 nitrogen and oxygen atoms in total. The molecule has 3 aliphatic heterocycles. The van der Waals surface area contributed by atoms with Crippen LogP contribution in [0.5, 0.6) is 6.01 Å². The summed E-state index contributed by atoms with van der Waals surface area (Å²) in [6.07, 6.45) is 4.21. The molecule has 3 aromatic rings. The van der Waals surface area contributed by atoms with Crippen molar-refractivity contribution in [1.82, 2.24) is 19.8 Å². The molecule has 252 valence electrons. The Morgan fingerprint density at radius 2 is 1.92 bits per heavy atom. The summed E-state index contributed by atoms with van der Waals surface area (Å²) >= 11 is 5.39. The SMILES string of the molecule is C=CC(=O)N1CCN(c2nc(OC[C@@H]3CCCN3CC(CO)CO)nc3c2CCN(c2cccc4cccc(C=S)c24)C3)C[C@@H]1CC#N. The predicted octanol–water partition coefficient (Wildman–Crippen LogP) is 3.10. The fourth-order valence-electron chi connectivity index (χ4n) is 7.37. The molecule has 0 aliphatic carbocycles. The molecule has 2 aromatic carbocycles. The van der Waals surface area contributed by atoms with Crippen molar-refractivity contribution < 1.29 is 19.7 Å². The van der Waals surface area contributed by atoms with E-state index < -0.39 is 0 Å². The van der Waals surface area contributed by atoms with Gasteiger partial charge in [-0.2, -0.15) is 15.2 Å². The Morgan fingerprint density at radius 1 is 1.10 bits per heavy atom. The molecular weight excluding hydrogens is 627 g/mol. The van der Waals surface area contributed by atoms with Crippen molar-refractivity contribution in [2.75, 3.05) is 68.9 Å². The molecule has 3 aliphatic rings. The van der Waals surface area contributed by atoms with Gasteiger partial charge in [0.1, 0.15) is 12.4 Å². The molecule has 2 N–H and O–H groups in total. The van der Waals surface area contributed by atoms with E-state index in [1.807, 2.05) is 12.1 Å². The number of nitriles is 1. The van der Waals surface area contributed by atoms with Crippen molar-refractivity contribution in [2.24, 2.45) is 5.92 Å². The van der Waals surface area contributed by atoms with Crippen molar-refractivity contribution in [3.63, 3.8) is 0 Å². The van der Waals surface area contributed by atoms with E-state index in [0.29, 0.717) is 45.3 Å². The smallest absolute Gasteiger partial charge is 0.318 e. The number of piperazine rings is 1. The lowest BCUT2D eigenvalue weighted by atomic mass is 9.99. The Morgan fingerprint density at radius 3 is 2.67 bits per heavy atom. The number of thiocarbonyl (C=S) groups is 1. The maximum Gasteiger partial charge on any atom is 0.318 e. The van der Waals surface area contributed by atoms with Crippen LogP contribution in [0.25, 0.3) is 10.8 Å². The highest BCUT2D eigenvalue weighted by atomic mass is 32.1. The lowest BCUT2D eigenvalue weighted by Gasteiger charge is -2.42. The number of anilines is 2. The molecule has 1 aromatic heterocycles. The number of hydrogen-bond donors (Lipinski definition) is 2. The van der Waals surface area contributed by atoms with Crippen LogP contribution in [0.3, 0.4) is 0 Å². The summed E-state index contributed by atoms with van der Waals surface area (Å²) in [6, 6.07) is 14.9. The lowest BCUT2D eigenvalue weighted by Crippen LogP contribution is -2.55. The Balaban J connectivity index is 1.32. The number of benzene rings is 2. The Labute approximate surface area is 287 Å². The molecule has 2 fully saturated rings. The van der Waals surface area contributed by atoms with Crippen LogP contribution in [0.1, 0.15) is 36.1 Å². The maximum absolute atomic E-state index is 12.6. The van der Waals surface area contributed by atoms with Gasteiger partial charge in [0.05, 0.1) is 30.8 Å². The number of rotatable bonds is 12. The number of nitrogens with zero attached hydrogens (tertiary/aromatic N) is 7. The molecular formula is C36H43N7O4S. The van der Waals surface area contributed by atoms with Gasteiger partial charge in [-0.1, -0.05) is 49.1 Å².